The van der Waals surface area contributed by atoms with E-state index in [0.29, 0.717) is 12.8 Å². The van der Waals surface area contributed by atoms with Gasteiger partial charge in [0.1, 0.15) is 5.75 Å². The molecule has 0 aliphatic carbocycles. The summed E-state index contributed by atoms with van der Waals surface area (Å²) in [6.07, 6.45) is 7.00. The van der Waals surface area contributed by atoms with E-state index in [2.05, 4.69) is 5.92 Å². The van der Waals surface area contributed by atoms with E-state index in [0.717, 1.165) is 23.3 Å². The van der Waals surface area contributed by atoms with Crippen LogP contribution in [0.4, 0.5) is 0 Å². The van der Waals surface area contributed by atoms with Crippen LogP contribution in [0.15, 0.2) is 18.2 Å². The number of benzene rings is 1. The van der Waals surface area contributed by atoms with Crippen molar-refractivity contribution in [3.63, 3.8) is 0 Å². The van der Waals surface area contributed by atoms with Crippen LogP contribution in [-0.4, -0.2) is 12.2 Å². The summed E-state index contributed by atoms with van der Waals surface area (Å²) in [5, 5.41) is 9.93. The zero-order valence-electron chi connectivity index (χ0n) is 9.86. The van der Waals surface area contributed by atoms with Gasteiger partial charge in [0.15, 0.2) is 0 Å². The molecule has 1 rings (SSSR count). The van der Waals surface area contributed by atoms with Gasteiger partial charge in [-0.15, -0.1) is 12.3 Å². The highest BCUT2D eigenvalue weighted by Gasteiger charge is 2.08. The van der Waals surface area contributed by atoms with Gasteiger partial charge in [-0.25, -0.2) is 0 Å². The van der Waals surface area contributed by atoms with Crippen molar-refractivity contribution in [1.82, 2.24) is 0 Å². The first-order valence-corrected chi connectivity index (χ1v) is 5.45. The summed E-state index contributed by atoms with van der Waals surface area (Å²) in [5.41, 5.74) is 1.96. The van der Waals surface area contributed by atoms with E-state index in [1.54, 1.807) is 7.11 Å². The second-order valence-electron chi connectivity index (χ2n) is 3.84. The third kappa shape index (κ3) is 3.29. The third-order valence-corrected chi connectivity index (χ3v) is 2.60. The first-order valence-electron chi connectivity index (χ1n) is 5.45. The number of terminal acetylenes is 1. The minimum absolute atomic E-state index is 0.432. The second kappa shape index (κ2) is 6.19. The molecule has 86 valence electrons. The van der Waals surface area contributed by atoms with E-state index in [-0.39, 0.29) is 0 Å². The van der Waals surface area contributed by atoms with Crippen molar-refractivity contribution in [3.05, 3.63) is 29.3 Å². The molecule has 0 spiro atoms. The number of hydrogen-bond acceptors (Lipinski definition) is 2. The van der Waals surface area contributed by atoms with Gasteiger partial charge in [0.25, 0.3) is 0 Å². The summed E-state index contributed by atoms with van der Waals surface area (Å²) in [6.45, 7) is 1.97. The van der Waals surface area contributed by atoms with Crippen molar-refractivity contribution in [2.75, 3.05) is 7.11 Å². The van der Waals surface area contributed by atoms with Gasteiger partial charge in [0.05, 0.1) is 13.2 Å². The average Bonchev–Trinajstić information content (AvgIpc) is 2.29. The highest BCUT2D eigenvalue weighted by atomic mass is 16.5. The van der Waals surface area contributed by atoms with Gasteiger partial charge in [-0.1, -0.05) is 6.07 Å². The molecule has 1 aromatic carbocycles. The fourth-order valence-electron chi connectivity index (χ4n) is 1.67. The molecule has 0 fully saturated rings. The van der Waals surface area contributed by atoms with Crippen molar-refractivity contribution < 1.29 is 9.84 Å². The Morgan fingerprint density at radius 1 is 1.50 bits per heavy atom. The maximum absolute atomic E-state index is 9.93. The highest BCUT2D eigenvalue weighted by molar-refractivity contribution is 5.36. The van der Waals surface area contributed by atoms with Crippen LogP contribution in [0.25, 0.3) is 0 Å². The van der Waals surface area contributed by atoms with Gasteiger partial charge in [0, 0.05) is 6.42 Å². The Kier molecular flexibility index (Phi) is 4.88. The smallest absolute Gasteiger partial charge is 0.121 e. The van der Waals surface area contributed by atoms with Gasteiger partial charge in [-0.3, -0.25) is 0 Å². The number of hydrogen-bond donors (Lipinski definition) is 1. The summed E-state index contributed by atoms with van der Waals surface area (Å²) in [6, 6.07) is 5.74. The molecule has 16 heavy (non-hydrogen) atoms. The quantitative estimate of drug-likeness (QED) is 0.608. The van der Waals surface area contributed by atoms with E-state index in [9.17, 15) is 5.11 Å². The van der Waals surface area contributed by atoms with Crippen LogP contribution in [0.2, 0.25) is 0 Å². The van der Waals surface area contributed by atoms with Crippen LogP contribution in [0.3, 0.4) is 0 Å². The molecular weight excluding hydrogens is 200 g/mol. The standard InChI is InChI=1S/C14H18O2/c1-4-5-6-7-13(15)12-8-9-14(16-3)11(2)10-12/h1,8-10,13,15H,5-7H2,2-3H3. The van der Waals surface area contributed by atoms with E-state index in [1.807, 2.05) is 25.1 Å². The summed E-state index contributed by atoms with van der Waals surface area (Å²) in [4.78, 5) is 0. The number of rotatable bonds is 5. The van der Waals surface area contributed by atoms with Crippen molar-refractivity contribution in [2.45, 2.75) is 32.3 Å². The number of methoxy groups -OCH3 is 1. The zero-order valence-corrected chi connectivity index (χ0v) is 9.86. The van der Waals surface area contributed by atoms with Crippen LogP contribution < -0.4 is 4.74 Å². The van der Waals surface area contributed by atoms with Gasteiger partial charge in [-0.05, 0) is 43.0 Å². The third-order valence-electron chi connectivity index (χ3n) is 2.60. The molecule has 1 atom stereocenters. The first kappa shape index (κ1) is 12.6. The minimum Gasteiger partial charge on any atom is -0.496 e. The van der Waals surface area contributed by atoms with Crippen molar-refractivity contribution in [3.8, 4) is 18.1 Å². The SMILES string of the molecule is C#CCCCC(O)c1ccc(OC)c(C)c1. The average molecular weight is 218 g/mol. The fourth-order valence-corrected chi connectivity index (χ4v) is 1.67. The van der Waals surface area contributed by atoms with Crippen LogP contribution in [0, 0.1) is 19.3 Å². The molecule has 0 amide bonds. The maximum atomic E-state index is 9.93. The molecule has 0 heterocycles. The molecule has 0 saturated carbocycles. The topological polar surface area (TPSA) is 29.5 Å². The van der Waals surface area contributed by atoms with E-state index in [4.69, 9.17) is 11.2 Å². The normalized spacial score (nSPS) is 11.9. The molecule has 0 saturated heterocycles. The maximum Gasteiger partial charge on any atom is 0.121 e. The lowest BCUT2D eigenvalue weighted by Crippen LogP contribution is -1.98. The molecule has 2 heteroatoms. The first-order chi connectivity index (χ1) is 7.69. The Hall–Kier alpha value is -1.46. The fraction of sp³-hybridized carbons (Fsp3) is 0.429. The summed E-state index contributed by atoms with van der Waals surface area (Å²) >= 11 is 0. The number of unbranched alkanes of at least 4 members (excludes halogenated alkanes) is 1. The van der Waals surface area contributed by atoms with Gasteiger partial charge in [-0.2, -0.15) is 0 Å². The van der Waals surface area contributed by atoms with Crippen LogP contribution >= 0.6 is 0 Å². The number of aliphatic hydroxyl groups excluding tert-OH is 1. The summed E-state index contributed by atoms with van der Waals surface area (Å²) in [5.74, 6) is 3.42. The van der Waals surface area contributed by atoms with E-state index in [1.165, 1.54) is 0 Å². The van der Waals surface area contributed by atoms with Crippen molar-refractivity contribution in [1.29, 1.82) is 0 Å². The van der Waals surface area contributed by atoms with Gasteiger partial charge >= 0.3 is 0 Å². The number of ether oxygens (including phenoxy) is 1. The molecule has 0 radical (unpaired) electrons. The molecule has 0 aliphatic heterocycles. The van der Waals surface area contributed by atoms with E-state index >= 15 is 0 Å². The Morgan fingerprint density at radius 2 is 2.25 bits per heavy atom. The number of aryl methyl sites for hydroxylation is 1. The monoisotopic (exact) mass is 218 g/mol. The predicted octanol–water partition coefficient (Wildman–Crippen LogP) is 2.84. The lowest BCUT2D eigenvalue weighted by atomic mass is 10.0. The highest BCUT2D eigenvalue weighted by Crippen LogP contribution is 2.25. The van der Waals surface area contributed by atoms with Crippen molar-refractivity contribution >= 4 is 0 Å². The molecular formula is C14H18O2. The minimum atomic E-state index is -0.432. The number of aliphatic hydroxyl groups is 1. The molecule has 1 N–H and O–H groups in total. The summed E-state index contributed by atoms with van der Waals surface area (Å²) < 4.78 is 5.17. The Bertz CT molecular complexity index is 377. The second-order valence-corrected chi connectivity index (χ2v) is 3.84. The molecule has 0 bridgehead atoms. The summed E-state index contributed by atoms with van der Waals surface area (Å²) in [7, 11) is 1.64. The lowest BCUT2D eigenvalue weighted by molar-refractivity contribution is 0.165. The van der Waals surface area contributed by atoms with Gasteiger partial charge in [0.2, 0.25) is 0 Å². The molecule has 0 aromatic heterocycles. The van der Waals surface area contributed by atoms with Crippen LogP contribution in [-0.2, 0) is 0 Å². The van der Waals surface area contributed by atoms with E-state index < -0.39 is 6.10 Å². The molecule has 0 aliphatic rings. The largest absolute Gasteiger partial charge is 0.496 e. The predicted molar refractivity (Wildman–Crippen MR) is 65.4 cm³/mol. The molecule has 2 nitrogen and oxygen atoms in total. The Labute approximate surface area is 97.3 Å². The Morgan fingerprint density at radius 3 is 2.81 bits per heavy atom. The molecule has 1 aromatic rings. The van der Waals surface area contributed by atoms with Crippen LogP contribution in [0.1, 0.15) is 36.5 Å². The zero-order chi connectivity index (χ0) is 12.0. The molecule has 1 unspecified atom stereocenters. The Balaban J connectivity index is 2.66. The lowest BCUT2D eigenvalue weighted by Gasteiger charge is -2.12. The van der Waals surface area contributed by atoms with Crippen LogP contribution in [0.5, 0.6) is 5.75 Å². The van der Waals surface area contributed by atoms with Crippen molar-refractivity contribution in [2.24, 2.45) is 0 Å². The van der Waals surface area contributed by atoms with Gasteiger partial charge < -0.3 is 9.84 Å².